The number of carbonyl (C=O) groups excluding carboxylic acids is 1. The summed E-state index contributed by atoms with van der Waals surface area (Å²) in [5.41, 5.74) is 0. The van der Waals surface area contributed by atoms with Gasteiger partial charge in [-0.15, -0.1) is 0 Å². The summed E-state index contributed by atoms with van der Waals surface area (Å²) in [5, 5.41) is 2.85. The quantitative estimate of drug-likeness (QED) is 0.381. The summed E-state index contributed by atoms with van der Waals surface area (Å²) in [5.74, 6) is 0. The summed E-state index contributed by atoms with van der Waals surface area (Å²) in [6, 6.07) is 0. The summed E-state index contributed by atoms with van der Waals surface area (Å²) in [7, 11) is 0. The van der Waals surface area contributed by atoms with Crippen LogP contribution in [0, 0.1) is 0 Å². The van der Waals surface area contributed by atoms with Gasteiger partial charge < -0.3 is 31.5 Å². The average molecular weight is 381 g/mol. The van der Waals surface area contributed by atoms with E-state index >= 15 is 0 Å². The Morgan fingerprint density at radius 3 is 2.00 bits per heavy atom. The van der Waals surface area contributed by atoms with Crippen molar-refractivity contribution in [2.75, 3.05) is 39.3 Å². The predicted octanol–water partition coefficient (Wildman–Crippen LogP) is 0.954. The molecular formula is C17H37BrN2O2. The van der Waals surface area contributed by atoms with Gasteiger partial charge in [0.05, 0.1) is 19.6 Å². The first-order valence-electron chi connectivity index (χ1n) is 8.89. The monoisotopic (exact) mass is 380 g/mol. The van der Waals surface area contributed by atoms with Crippen molar-refractivity contribution >= 4 is 6.09 Å². The third-order valence-corrected chi connectivity index (χ3v) is 4.61. The number of rotatable bonds is 13. The lowest BCUT2D eigenvalue weighted by molar-refractivity contribution is -0.923. The lowest BCUT2D eigenvalue weighted by atomic mass is 10.1. The van der Waals surface area contributed by atoms with Crippen LogP contribution in [0.4, 0.5) is 4.79 Å². The molecule has 0 aliphatic carbocycles. The summed E-state index contributed by atoms with van der Waals surface area (Å²) in [6.07, 6.45) is 7.17. The van der Waals surface area contributed by atoms with Crippen molar-refractivity contribution in [2.45, 2.75) is 66.2 Å². The molecule has 0 aliphatic heterocycles. The smallest absolute Gasteiger partial charge is 0.407 e. The highest BCUT2D eigenvalue weighted by Gasteiger charge is 2.20. The molecule has 0 aromatic carbocycles. The molecule has 0 unspecified atom stereocenters. The second-order valence-electron chi connectivity index (χ2n) is 5.84. The van der Waals surface area contributed by atoms with Gasteiger partial charge in [-0.1, -0.05) is 39.0 Å². The number of alkyl carbamates (subject to hydrolysis) is 1. The van der Waals surface area contributed by atoms with E-state index in [9.17, 15) is 4.79 Å². The highest BCUT2D eigenvalue weighted by molar-refractivity contribution is 5.66. The second-order valence-corrected chi connectivity index (χ2v) is 5.84. The van der Waals surface area contributed by atoms with Crippen LogP contribution in [-0.4, -0.2) is 49.9 Å². The molecule has 0 aromatic rings. The number of carbonyl (C=O) groups is 1. The van der Waals surface area contributed by atoms with Gasteiger partial charge in [0.1, 0.15) is 13.2 Å². The minimum absolute atomic E-state index is 0. The Labute approximate surface area is 148 Å². The van der Waals surface area contributed by atoms with Gasteiger partial charge in [-0.3, -0.25) is 0 Å². The molecule has 0 radical (unpaired) electrons. The van der Waals surface area contributed by atoms with E-state index in [0.717, 1.165) is 43.6 Å². The summed E-state index contributed by atoms with van der Waals surface area (Å²) in [4.78, 5) is 11.6. The van der Waals surface area contributed by atoms with E-state index in [2.05, 4.69) is 33.0 Å². The maximum atomic E-state index is 11.6. The fraction of sp³-hybridized carbons (Fsp3) is 0.941. The molecule has 0 bridgehead atoms. The lowest BCUT2D eigenvalue weighted by Crippen LogP contribution is -3.00. The van der Waals surface area contributed by atoms with Crippen LogP contribution in [0.15, 0.2) is 0 Å². The van der Waals surface area contributed by atoms with Gasteiger partial charge in [-0.2, -0.15) is 0 Å². The maximum Gasteiger partial charge on any atom is 0.407 e. The van der Waals surface area contributed by atoms with Crippen LogP contribution in [0.2, 0.25) is 0 Å². The van der Waals surface area contributed by atoms with E-state index in [4.69, 9.17) is 4.74 Å². The highest BCUT2D eigenvalue weighted by atomic mass is 79.9. The maximum absolute atomic E-state index is 11.6. The molecule has 0 aliphatic rings. The zero-order chi connectivity index (χ0) is 16.0. The largest absolute Gasteiger partial charge is 1.00 e. The summed E-state index contributed by atoms with van der Waals surface area (Å²) >= 11 is 0. The number of ether oxygens (including phenoxy) is 1. The Hall–Kier alpha value is -0.290. The molecule has 0 spiro atoms. The fourth-order valence-electron chi connectivity index (χ4n) is 2.62. The molecule has 0 saturated carbocycles. The van der Waals surface area contributed by atoms with Crippen molar-refractivity contribution in [2.24, 2.45) is 0 Å². The van der Waals surface area contributed by atoms with E-state index < -0.39 is 0 Å². The van der Waals surface area contributed by atoms with E-state index in [1.165, 1.54) is 32.1 Å². The number of quaternary nitrogens is 1. The Morgan fingerprint density at radius 2 is 1.45 bits per heavy atom. The zero-order valence-electron chi connectivity index (χ0n) is 15.1. The molecule has 0 rings (SSSR count). The van der Waals surface area contributed by atoms with Crippen molar-refractivity contribution in [1.82, 2.24) is 5.32 Å². The molecule has 134 valence electrons. The first kappa shape index (κ1) is 24.0. The average Bonchev–Trinajstić information content (AvgIpc) is 2.51. The van der Waals surface area contributed by atoms with Crippen LogP contribution < -0.4 is 22.3 Å². The second kappa shape index (κ2) is 15.6. The van der Waals surface area contributed by atoms with Crippen molar-refractivity contribution in [1.29, 1.82) is 0 Å². The molecule has 0 atom stereocenters. The SMILES string of the molecule is CCCCCCCCNC(=O)OCC[N+](CC)(CC)CC.[Br-]. The Bertz CT molecular complexity index is 251. The molecule has 22 heavy (non-hydrogen) atoms. The van der Waals surface area contributed by atoms with Crippen LogP contribution in [0.5, 0.6) is 0 Å². The molecule has 1 N–H and O–H groups in total. The summed E-state index contributed by atoms with van der Waals surface area (Å²) < 4.78 is 6.30. The molecule has 5 heteroatoms. The Kier molecular flexibility index (Phi) is 17.0. The van der Waals surface area contributed by atoms with Gasteiger partial charge in [0.15, 0.2) is 0 Å². The third kappa shape index (κ3) is 11.3. The Balaban J connectivity index is 0. The molecule has 0 fully saturated rings. The van der Waals surface area contributed by atoms with E-state index in [0.29, 0.717) is 6.61 Å². The number of nitrogens with zero attached hydrogens (tertiary/aromatic N) is 1. The van der Waals surface area contributed by atoms with Crippen LogP contribution >= 0.6 is 0 Å². The molecule has 1 amide bonds. The predicted molar refractivity (Wildman–Crippen MR) is 89.5 cm³/mol. The number of halogens is 1. The minimum Gasteiger partial charge on any atom is -1.00 e. The van der Waals surface area contributed by atoms with Crippen LogP contribution in [0.25, 0.3) is 0 Å². The van der Waals surface area contributed by atoms with Gasteiger partial charge in [-0.25, -0.2) is 4.79 Å². The molecule has 0 heterocycles. The number of unbranched alkanes of at least 4 members (excludes halogenated alkanes) is 5. The number of hydrogen-bond acceptors (Lipinski definition) is 2. The lowest BCUT2D eigenvalue weighted by Gasteiger charge is -2.35. The first-order chi connectivity index (χ1) is 10.1. The molecule has 0 aromatic heterocycles. The van der Waals surface area contributed by atoms with Gasteiger partial charge in [0.2, 0.25) is 0 Å². The number of likely N-dealkylation sites (N-methyl/N-ethyl adjacent to an activating group) is 1. The summed E-state index contributed by atoms with van der Waals surface area (Å²) in [6.45, 7) is 14.3. The highest BCUT2D eigenvalue weighted by Crippen LogP contribution is 2.05. The third-order valence-electron chi connectivity index (χ3n) is 4.61. The van der Waals surface area contributed by atoms with Crippen molar-refractivity contribution in [3.63, 3.8) is 0 Å². The van der Waals surface area contributed by atoms with Gasteiger partial charge in [-0.05, 0) is 27.2 Å². The van der Waals surface area contributed by atoms with Crippen LogP contribution in [-0.2, 0) is 4.74 Å². The van der Waals surface area contributed by atoms with Crippen LogP contribution in [0.1, 0.15) is 66.2 Å². The van der Waals surface area contributed by atoms with Gasteiger partial charge in [0, 0.05) is 6.54 Å². The molecular weight excluding hydrogens is 344 g/mol. The van der Waals surface area contributed by atoms with Crippen molar-refractivity contribution in [3.8, 4) is 0 Å². The van der Waals surface area contributed by atoms with E-state index in [-0.39, 0.29) is 23.1 Å². The van der Waals surface area contributed by atoms with Crippen molar-refractivity contribution < 1.29 is 31.0 Å². The first-order valence-corrected chi connectivity index (χ1v) is 8.89. The minimum atomic E-state index is -0.259. The van der Waals surface area contributed by atoms with Crippen LogP contribution in [0.3, 0.4) is 0 Å². The number of nitrogens with one attached hydrogen (secondary N) is 1. The van der Waals surface area contributed by atoms with E-state index in [1.54, 1.807) is 0 Å². The normalized spacial score (nSPS) is 10.9. The zero-order valence-corrected chi connectivity index (χ0v) is 16.7. The number of hydrogen-bond donors (Lipinski definition) is 1. The van der Waals surface area contributed by atoms with Gasteiger partial charge in [0.25, 0.3) is 0 Å². The Morgan fingerprint density at radius 1 is 0.909 bits per heavy atom. The standard InChI is InChI=1S/C17H36N2O2.BrH/c1-5-9-10-11-12-13-14-18-17(20)21-16-15-19(6-2,7-3)8-4;/h5-16H2,1-4H3;1H. The van der Waals surface area contributed by atoms with Gasteiger partial charge >= 0.3 is 6.09 Å². The molecule has 0 saturated heterocycles. The van der Waals surface area contributed by atoms with Crippen molar-refractivity contribution in [3.05, 3.63) is 0 Å². The fourth-order valence-corrected chi connectivity index (χ4v) is 2.62. The topological polar surface area (TPSA) is 38.3 Å². The molecule has 4 nitrogen and oxygen atoms in total. The number of amides is 1. The van der Waals surface area contributed by atoms with E-state index in [1.807, 2.05) is 0 Å².